The number of carbonyl (C=O) groups excluding carboxylic acids is 1. The fourth-order valence-corrected chi connectivity index (χ4v) is 3.59. The van der Waals surface area contributed by atoms with Crippen molar-refractivity contribution in [3.8, 4) is 0 Å². The largest absolute Gasteiger partial charge is 0.444 e. The van der Waals surface area contributed by atoms with E-state index in [9.17, 15) is 13.2 Å². The molecule has 1 aliphatic heterocycles. The molecule has 1 aliphatic rings. The van der Waals surface area contributed by atoms with Crippen molar-refractivity contribution >= 4 is 39.4 Å². The van der Waals surface area contributed by atoms with Crippen LogP contribution < -0.4 is 0 Å². The van der Waals surface area contributed by atoms with Gasteiger partial charge in [-0.3, -0.25) is 4.18 Å². The van der Waals surface area contributed by atoms with E-state index in [2.05, 4.69) is 0 Å². The molecule has 1 aromatic carbocycles. The molecule has 2 atom stereocenters. The molecule has 1 saturated heterocycles. The van der Waals surface area contributed by atoms with Crippen molar-refractivity contribution in [3.05, 3.63) is 33.8 Å². The van der Waals surface area contributed by atoms with Crippen LogP contribution in [-0.4, -0.2) is 50.5 Å². The Labute approximate surface area is 158 Å². The Morgan fingerprint density at radius 3 is 2.36 bits per heavy atom. The molecule has 0 spiro atoms. The molecule has 1 fully saturated rings. The van der Waals surface area contributed by atoms with Crippen LogP contribution in [0.15, 0.2) is 18.2 Å². The lowest BCUT2D eigenvalue weighted by Crippen LogP contribution is -2.36. The lowest BCUT2D eigenvalue weighted by Gasteiger charge is -2.24. The van der Waals surface area contributed by atoms with Crippen LogP contribution in [0.25, 0.3) is 0 Å². The Morgan fingerprint density at radius 1 is 1.20 bits per heavy atom. The summed E-state index contributed by atoms with van der Waals surface area (Å²) >= 11 is 12.0. The minimum absolute atomic E-state index is 0.104. The zero-order valence-corrected chi connectivity index (χ0v) is 16.8. The fourth-order valence-electron chi connectivity index (χ4n) is 2.63. The maximum absolute atomic E-state index is 12.3. The minimum atomic E-state index is -3.69. The van der Waals surface area contributed by atoms with Crippen LogP contribution in [0.2, 0.25) is 10.0 Å². The summed E-state index contributed by atoms with van der Waals surface area (Å²) in [6.45, 7) is 5.66. The number of likely N-dealkylation sites (tertiary alicyclic amines) is 1. The zero-order chi connectivity index (χ0) is 19.0. The summed E-state index contributed by atoms with van der Waals surface area (Å²) in [6, 6.07) is 5.04. The van der Waals surface area contributed by atoms with Gasteiger partial charge in [-0.25, -0.2) is 4.79 Å². The van der Waals surface area contributed by atoms with Crippen LogP contribution in [0.1, 0.15) is 32.3 Å². The maximum Gasteiger partial charge on any atom is 0.410 e. The van der Waals surface area contributed by atoms with Gasteiger partial charge in [-0.15, -0.1) is 0 Å². The number of ether oxygens (including phenoxy) is 1. The number of rotatable bonds is 3. The van der Waals surface area contributed by atoms with Crippen LogP contribution in [0, 0.1) is 0 Å². The third-order valence-corrected chi connectivity index (χ3v) is 4.92. The normalized spacial score (nSPS) is 21.4. The third kappa shape index (κ3) is 5.74. The number of amides is 1. The Kier molecular flexibility index (Phi) is 5.93. The number of nitrogens with zero attached hydrogens (tertiary/aromatic N) is 1. The topological polar surface area (TPSA) is 72.9 Å². The van der Waals surface area contributed by atoms with E-state index < -0.39 is 27.9 Å². The van der Waals surface area contributed by atoms with Crippen molar-refractivity contribution in [3.63, 3.8) is 0 Å². The Balaban J connectivity index is 2.27. The van der Waals surface area contributed by atoms with Crippen molar-refractivity contribution in [2.45, 2.75) is 38.4 Å². The van der Waals surface area contributed by atoms with Gasteiger partial charge < -0.3 is 9.64 Å². The summed E-state index contributed by atoms with van der Waals surface area (Å²) < 4.78 is 33.7. The summed E-state index contributed by atoms with van der Waals surface area (Å²) in [5.74, 6) is -0.364. The van der Waals surface area contributed by atoms with Gasteiger partial charge in [-0.2, -0.15) is 8.42 Å². The van der Waals surface area contributed by atoms with E-state index in [1.807, 2.05) is 0 Å². The van der Waals surface area contributed by atoms with Gasteiger partial charge in [0.2, 0.25) is 0 Å². The summed E-state index contributed by atoms with van der Waals surface area (Å²) in [4.78, 5) is 13.8. The van der Waals surface area contributed by atoms with E-state index in [1.54, 1.807) is 39.0 Å². The molecule has 0 N–H and O–H groups in total. The smallest absolute Gasteiger partial charge is 0.410 e. The van der Waals surface area contributed by atoms with E-state index >= 15 is 0 Å². The van der Waals surface area contributed by atoms with Crippen molar-refractivity contribution in [2.75, 3.05) is 19.3 Å². The molecule has 0 bridgehead atoms. The Hall–Kier alpha value is -1.02. The number of hydrogen-bond donors (Lipinski definition) is 0. The van der Waals surface area contributed by atoms with Crippen molar-refractivity contribution in [1.29, 1.82) is 0 Å². The van der Waals surface area contributed by atoms with E-state index in [1.165, 1.54) is 4.90 Å². The molecule has 0 aliphatic carbocycles. The average molecular weight is 410 g/mol. The average Bonchev–Trinajstić information content (AvgIpc) is 2.82. The second-order valence-electron chi connectivity index (χ2n) is 7.00. The predicted octanol–water partition coefficient (Wildman–Crippen LogP) is 3.67. The fraction of sp³-hybridized carbons (Fsp3) is 0.562. The van der Waals surface area contributed by atoms with Gasteiger partial charge in [0.05, 0.1) is 22.8 Å². The monoisotopic (exact) mass is 409 g/mol. The van der Waals surface area contributed by atoms with E-state index in [0.29, 0.717) is 10.0 Å². The molecule has 2 rings (SSSR count). The first kappa shape index (κ1) is 20.3. The van der Waals surface area contributed by atoms with Gasteiger partial charge in [0.25, 0.3) is 10.1 Å². The van der Waals surface area contributed by atoms with Gasteiger partial charge in [0.1, 0.15) is 11.7 Å². The lowest BCUT2D eigenvalue weighted by atomic mass is 9.96. The Morgan fingerprint density at radius 2 is 1.84 bits per heavy atom. The van der Waals surface area contributed by atoms with Gasteiger partial charge in [-0.05, 0) is 38.5 Å². The quantitative estimate of drug-likeness (QED) is 0.711. The second-order valence-corrected chi connectivity index (χ2v) is 9.42. The highest BCUT2D eigenvalue weighted by Crippen LogP contribution is 2.34. The summed E-state index contributed by atoms with van der Waals surface area (Å²) in [5, 5.41) is 0.751. The first-order valence-electron chi connectivity index (χ1n) is 7.67. The van der Waals surface area contributed by atoms with Crippen LogP contribution in [0.5, 0.6) is 0 Å². The molecular weight excluding hydrogens is 389 g/mol. The molecule has 6 nitrogen and oxygen atoms in total. The molecule has 25 heavy (non-hydrogen) atoms. The van der Waals surface area contributed by atoms with Gasteiger partial charge >= 0.3 is 6.09 Å². The second kappa shape index (κ2) is 7.31. The summed E-state index contributed by atoms with van der Waals surface area (Å²) in [5.41, 5.74) is 0.0977. The first-order valence-corrected chi connectivity index (χ1v) is 10.2. The molecule has 140 valence electrons. The molecule has 0 aromatic heterocycles. The molecule has 0 saturated carbocycles. The predicted molar refractivity (Wildman–Crippen MR) is 96.7 cm³/mol. The highest BCUT2D eigenvalue weighted by Gasteiger charge is 2.40. The van der Waals surface area contributed by atoms with E-state index in [4.69, 9.17) is 32.1 Å². The Bertz CT molecular complexity index is 760. The van der Waals surface area contributed by atoms with Crippen LogP contribution in [0.3, 0.4) is 0 Å². The van der Waals surface area contributed by atoms with Crippen LogP contribution >= 0.6 is 23.2 Å². The van der Waals surface area contributed by atoms with Gasteiger partial charge in [0, 0.05) is 12.5 Å². The molecule has 9 heteroatoms. The molecule has 0 radical (unpaired) electrons. The van der Waals surface area contributed by atoms with Crippen LogP contribution in [-0.2, 0) is 19.0 Å². The molecule has 1 heterocycles. The third-order valence-electron chi connectivity index (χ3n) is 3.59. The number of benzene rings is 1. The standard InChI is InChI=1S/C16H21Cl2NO5S/c1-16(2,3)23-15(20)19-8-11(14(9-19)24-25(4,21)22)10-5-6-12(17)13(18)7-10/h5-7,11,14H,8-9H2,1-4H3. The van der Waals surface area contributed by atoms with E-state index in [0.717, 1.165) is 11.8 Å². The number of hydrogen-bond acceptors (Lipinski definition) is 5. The van der Waals surface area contributed by atoms with Gasteiger partial charge in [0.15, 0.2) is 0 Å². The summed E-state index contributed by atoms with van der Waals surface area (Å²) in [7, 11) is -3.69. The zero-order valence-electron chi connectivity index (χ0n) is 14.5. The molecular formula is C16H21Cl2NO5S. The lowest BCUT2D eigenvalue weighted by molar-refractivity contribution is 0.0276. The SMILES string of the molecule is CC(C)(C)OC(=O)N1CC(OS(C)(=O)=O)C(c2ccc(Cl)c(Cl)c2)C1. The van der Waals surface area contributed by atoms with Crippen LogP contribution in [0.4, 0.5) is 4.79 Å². The van der Waals surface area contributed by atoms with Crippen molar-refractivity contribution in [2.24, 2.45) is 0 Å². The number of carbonyl (C=O) groups is 1. The number of halogens is 2. The molecule has 1 amide bonds. The van der Waals surface area contributed by atoms with Gasteiger partial charge in [-0.1, -0.05) is 29.3 Å². The summed E-state index contributed by atoms with van der Waals surface area (Å²) in [6.07, 6.45) is -0.258. The molecule has 2 unspecified atom stereocenters. The van der Waals surface area contributed by atoms with Crippen molar-refractivity contribution < 1.29 is 22.1 Å². The highest BCUT2D eigenvalue weighted by atomic mass is 35.5. The highest BCUT2D eigenvalue weighted by molar-refractivity contribution is 7.86. The minimum Gasteiger partial charge on any atom is -0.444 e. The molecule has 1 aromatic rings. The maximum atomic E-state index is 12.3. The van der Waals surface area contributed by atoms with E-state index in [-0.39, 0.29) is 19.0 Å². The van der Waals surface area contributed by atoms with Crippen molar-refractivity contribution in [1.82, 2.24) is 4.90 Å². The first-order chi connectivity index (χ1) is 11.4.